The molecule has 2 saturated heterocycles. The highest BCUT2D eigenvalue weighted by molar-refractivity contribution is 5.00. The van der Waals surface area contributed by atoms with Gasteiger partial charge in [0.25, 0.3) is 0 Å². The topological polar surface area (TPSA) is 63.4 Å². The van der Waals surface area contributed by atoms with Gasteiger partial charge in [0.2, 0.25) is 5.89 Å². The van der Waals surface area contributed by atoms with Crippen LogP contribution in [0, 0.1) is 0 Å². The first kappa shape index (κ1) is 14.9. The highest BCUT2D eigenvalue weighted by Gasteiger charge is 2.28. The Hall–Kier alpha value is -0.980. The number of hydrogen-bond donors (Lipinski definition) is 1. The Labute approximate surface area is 126 Å². The molecule has 0 aliphatic carbocycles. The zero-order valence-electron chi connectivity index (χ0n) is 12.9. The molecule has 0 radical (unpaired) electrons. The summed E-state index contributed by atoms with van der Waals surface area (Å²) in [6.45, 7) is 8.04. The number of nitrogens with zero attached hydrogens (tertiary/aromatic N) is 3. The molecule has 0 aromatic carbocycles. The van der Waals surface area contributed by atoms with Crippen LogP contribution in [-0.4, -0.2) is 54.4 Å². The van der Waals surface area contributed by atoms with E-state index in [2.05, 4.69) is 22.3 Å². The number of rotatable bonds is 5. The molecule has 1 unspecified atom stereocenters. The summed E-state index contributed by atoms with van der Waals surface area (Å²) in [4.78, 5) is 7.22. The summed E-state index contributed by atoms with van der Waals surface area (Å²) in [7, 11) is 0. The van der Waals surface area contributed by atoms with Crippen LogP contribution in [0.15, 0.2) is 4.52 Å². The van der Waals surface area contributed by atoms with Crippen LogP contribution in [-0.2, 0) is 4.74 Å². The molecule has 2 aliphatic rings. The second-order valence-electron chi connectivity index (χ2n) is 5.97. The SMILES string of the molecule is CCCC(c1noc(C2CCOCC2)n1)N1CCNCC1. The van der Waals surface area contributed by atoms with Crippen LogP contribution in [0.2, 0.25) is 0 Å². The summed E-state index contributed by atoms with van der Waals surface area (Å²) < 4.78 is 11.0. The highest BCUT2D eigenvalue weighted by atomic mass is 16.5. The monoisotopic (exact) mass is 294 g/mol. The van der Waals surface area contributed by atoms with Gasteiger partial charge in [-0.2, -0.15) is 4.98 Å². The van der Waals surface area contributed by atoms with E-state index in [-0.39, 0.29) is 0 Å². The number of hydrogen-bond acceptors (Lipinski definition) is 6. The van der Waals surface area contributed by atoms with E-state index in [0.29, 0.717) is 12.0 Å². The average Bonchev–Trinajstić information content (AvgIpc) is 3.04. The van der Waals surface area contributed by atoms with E-state index in [1.165, 1.54) is 0 Å². The van der Waals surface area contributed by atoms with E-state index in [4.69, 9.17) is 14.2 Å². The Kier molecular flexibility index (Phi) is 5.22. The smallest absolute Gasteiger partial charge is 0.229 e. The Morgan fingerprint density at radius 1 is 1.29 bits per heavy atom. The normalized spacial score (nSPS) is 23.3. The lowest BCUT2D eigenvalue weighted by Crippen LogP contribution is -2.45. The van der Waals surface area contributed by atoms with Crippen LogP contribution in [0.5, 0.6) is 0 Å². The minimum absolute atomic E-state index is 0.300. The van der Waals surface area contributed by atoms with Gasteiger partial charge in [0, 0.05) is 45.3 Å². The number of piperazine rings is 1. The van der Waals surface area contributed by atoms with Gasteiger partial charge in [-0.1, -0.05) is 18.5 Å². The molecule has 1 aromatic rings. The third kappa shape index (κ3) is 3.62. The van der Waals surface area contributed by atoms with Gasteiger partial charge >= 0.3 is 0 Å². The molecule has 2 fully saturated rings. The minimum atomic E-state index is 0.300. The lowest BCUT2D eigenvalue weighted by Gasteiger charge is -2.33. The van der Waals surface area contributed by atoms with E-state index < -0.39 is 0 Å². The summed E-state index contributed by atoms with van der Waals surface area (Å²) in [6, 6.07) is 0.300. The van der Waals surface area contributed by atoms with Crippen molar-refractivity contribution < 1.29 is 9.26 Å². The maximum atomic E-state index is 5.56. The first-order valence-electron chi connectivity index (χ1n) is 8.24. The lowest BCUT2D eigenvalue weighted by atomic mass is 10.0. The van der Waals surface area contributed by atoms with Crippen LogP contribution in [0.1, 0.15) is 56.3 Å². The van der Waals surface area contributed by atoms with Gasteiger partial charge in [0.05, 0.1) is 6.04 Å². The van der Waals surface area contributed by atoms with Crippen molar-refractivity contribution in [3.63, 3.8) is 0 Å². The van der Waals surface area contributed by atoms with Crippen LogP contribution in [0.25, 0.3) is 0 Å². The van der Waals surface area contributed by atoms with E-state index >= 15 is 0 Å². The van der Waals surface area contributed by atoms with Crippen LogP contribution >= 0.6 is 0 Å². The Bertz CT molecular complexity index is 425. The number of ether oxygens (including phenoxy) is 1. The summed E-state index contributed by atoms with van der Waals surface area (Å²) in [5.41, 5.74) is 0. The van der Waals surface area contributed by atoms with Crippen molar-refractivity contribution in [2.45, 2.75) is 44.6 Å². The Morgan fingerprint density at radius 3 is 2.76 bits per heavy atom. The second kappa shape index (κ2) is 7.33. The summed E-state index contributed by atoms with van der Waals surface area (Å²) in [5, 5.41) is 7.70. The molecule has 21 heavy (non-hydrogen) atoms. The van der Waals surface area contributed by atoms with E-state index in [9.17, 15) is 0 Å². The third-order valence-electron chi connectivity index (χ3n) is 4.48. The van der Waals surface area contributed by atoms with E-state index in [0.717, 1.165) is 76.8 Å². The average molecular weight is 294 g/mol. The standard InChI is InChI=1S/C15H26N4O2/c1-2-3-13(19-8-6-16-7-9-19)14-17-15(21-18-14)12-4-10-20-11-5-12/h12-13,16H,2-11H2,1H3. The van der Waals surface area contributed by atoms with Gasteiger partial charge in [-0.15, -0.1) is 0 Å². The van der Waals surface area contributed by atoms with Crippen molar-refractivity contribution in [3.05, 3.63) is 11.7 Å². The zero-order chi connectivity index (χ0) is 14.5. The third-order valence-corrected chi connectivity index (χ3v) is 4.48. The molecule has 1 aromatic heterocycles. The summed E-state index contributed by atoms with van der Waals surface area (Å²) in [6.07, 6.45) is 4.21. The molecule has 118 valence electrons. The van der Waals surface area contributed by atoms with Crippen LogP contribution in [0.3, 0.4) is 0 Å². The molecule has 2 aliphatic heterocycles. The van der Waals surface area contributed by atoms with E-state index in [1.807, 2.05) is 0 Å². The quantitative estimate of drug-likeness (QED) is 0.892. The zero-order valence-corrected chi connectivity index (χ0v) is 12.9. The molecule has 0 bridgehead atoms. The molecule has 3 heterocycles. The predicted molar refractivity (Wildman–Crippen MR) is 79.2 cm³/mol. The van der Waals surface area contributed by atoms with E-state index in [1.54, 1.807) is 0 Å². The van der Waals surface area contributed by atoms with Crippen molar-refractivity contribution in [2.75, 3.05) is 39.4 Å². The van der Waals surface area contributed by atoms with Gasteiger partial charge < -0.3 is 14.6 Å². The molecule has 0 spiro atoms. The molecule has 0 saturated carbocycles. The highest BCUT2D eigenvalue weighted by Crippen LogP contribution is 2.29. The first-order valence-corrected chi connectivity index (χ1v) is 8.24. The molecule has 6 nitrogen and oxygen atoms in total. The molecule has 1 atom stereocenters. The van der Waals surface area contributed by atoms with Crippen molar-refractivity contribution >= 4 is 0 Å². The maximum Gasteiger partial charge on any atom is 0.229 e. The van der Waals surface area contributed by atoms with Crippen molar-refractivity contribution in [3.8, 4) is 0 Å². The Balaban J connectivity index is 1.71. The van der Waals surface area contributed by atoms with Crippen molar-refractivity contribution in [1.82, 2.24) is 20.4 Å². The van der Waals surface area contributed by atoms with Gasteiger partial charge in [-0.25, -0.2) is 0 Å². The minimum Gasteiger partial charge on any atom is -0.381 e. The number of nitrogens with one attached hydrogen (secondary N) is 1. The molecule has 1 N–H and O–H groups in total. The van der Waals surface area contributed by atoms with Gasteiger partial charge in [0.1, 0.15) is 0 Å². The first-order chi connectivity index (χ1) is 10.4. The van der Waals surface area contributed by atoms with Crippen molar-refractivity contribution in [1.29, 1.82) is 0 Å². The predicted octanol–water partition coefficient (Wildman–Crippen LogP) is 1.71. The number of aromatic nitrogens is 2. The molecule has 0 amide bonds. The van der Waals surface area contributed by atoms with Gasteiger partial charge in [0.15, 0.2) is 5.82 Å². The fourth-order valence-corrected chi connectivity index (χ4v) is 3.24. The van der Waals surface area contributed by atoms with Crippen LogP contribution in [0.4, 0.5) is 0 Å². The van der Waals surface area contributed by atoms with Gasteiger partial charge in [-0.05, 0) is 19.3 Å². The maximum absolute atomic E-state index is 5.56. The molecular weight excluding hydrogens is 268 g/mol. The molecule has 3 rings (SSSR count). The largest absolute Gasteiger partial charge is 0.381 e. The van der Waals surface area contributed by atoms with Crippen LogP contribution < -0.4 is 5.32 Å². The fraction of sp³-hybridized carbons (Fsp3) is 0.867. The lowest BCUT2D eigenvalue weighted by molar-refractivity contribution is 0.0778. The molecule has 6 heteroatoms. The Morgan fingerprint density at radius 2 is 2.05 bits per heavy atom. The second-order valence-corrected chi connectivity index (χ2v) is 5.97. The van der Waals surface area contributed by atoms with Gasteiger partial charge in [-0.3, -0.25) is 4.90 Å². The fourth-order valence-electron chi connectivity index (χ4n) is 3.24. The van der Waals surface area contributed by atoms with Crippen molar-refractivity contribution in [2.24, 2.45) is 0 Å². The molecular formula is C15H26N4O2. The summed E-state index contributed by atoms with van der Waals surface area (Å²) in [5.74, 6) is 2.06. The summed E-state index contributed by atoms with van der Waals surface area (Å²) >= 11 is 0.